The van der Waals surface area contributed by atoms with Gasteiger partial charge in [-0.2, -0.15) is 0 Å². The number of hydrogen-bond acceptors (Lipinski definition) is 2. The maximum absolute atomic E-state index is 6.51. The van der Waals surface area contributed by atoms with Gasteiger partial charge in [0.05, 0.1) is 22.3 Å². The lowest BCUT2D eigenvalue weighted by molar-refractivity contribution is 0.642. The fourth-order valence-electron chi connectivity index (χ4n) is 10.6. The summed E-state index contributed by atoms with van der Waals surface area (Å²) in [6.07, 6.45) is 2.82. The predicted octanol–water partition coefficient (Wildman–Crippen LogP) is 14.1. The number of rotatable bonds is 5. The zero-order chi connectivity index (χ0) is 38.0. The highest BCUT2D eigenvalue weighted by molar-refractivity contribution is 6.20. The van der Waals surface area contributed by atoms with Gasteiger partial charge in [-0.15, -0.1) is 0 Å². The predicted molar refractivity (Wildman–Crippen MR) is 237 cm³/mol. The molecule has 0 bridgehead atoms. The molecule has 1 saturated carbocycles. The summed E-state index contributed by atoms with van der Waals surface area (Å²) < 4.78 is 9.14. The van der Waals surface area contributed by atoms with Crippen molar-refractivity contribution in [3.8, 4) is 22.3 Å². The van der Waals surface area contributed by atoms with E-state index in [1.165, 1.54) is 72.0 Å². The monoisotopic (exact) mass is 734 g/mol. The largest absolute Gasteiger partial charge is 0.456 e. The van der Waals surface area contributed by atoms with Crippen LogP contribution in [-0.4, -0.2) is 10.3 Å². The molecule has 7 aromatic carbocycles. The van der Waals surface area contributed by atoms with E-state index in [0.29, 0.717) is 5.92 Å². The van der Waals surface area contributed by atoms with Gasteiger partial charge in [-0.05, 0) is 106 Å². The quantitative estimate of drug-likeness (QED) is 0.173. The smallest absolute Gasteiger partial charge is 0.136 e. The third-order valence-electron chi connectivity index (χ3n) is 13.6. The number of fused-ring (bicyclic) bond motifs is 10. The first-order valence-electron chi connectivity index (χ1n) is 20.5. The van der Waals surface area contributed by atoms with E-state index in [2.05, 4.69) is 177 Å². The van der Waals surface area contributed by atoms with Gasteiger partial charge >= 0.3 is 0 Å². The van der Waals surface area contributed by atoms with Crippen LogP contribution in [0.15, 0.2) is 173 Å². The topological polar surface area (TPSA) is 30.4 Å². The summed E-state index contributed by atoms with van der Waals surface area (Å²) in [5, 5.41) is 4.91. The molecule has 3 aliphatic rings. The number of hydrogen-bond donors (Lipinski definition) is 0. The number of nitrogens with zero attached hydrogens (tertiary/aromatic N) is 2. The summed E-state index contributed by atoms with van der Waals surface area (Å²) >= 11 is 0. The van der Waals surface area contributed by atoms with Crippen LogP contribution in [-0.2, 0) is 11.0 Å². The van der Waals surface area contributed by atoms with E-state index in [-0.39, 0.29) is 11.0 Å². The lowest BCUT2D eigenvalue weighted by Crippen LogP contribution is -2.14. The summed E-state index contributed by atoms with van der Waals surface area (Å²) in [6, 6.07) is 58.1. The third-order valence-corrected chi connectivity index (χ3v) is 13.6. The highest BCUT2D eigenvalue weighted by Gasteiger charge is 2.57. The second-order valence-corrected chi connectivity index (χ2v) is 17.0. The molecule has 2 atom stereocenters. The van der Waals surface area contributed by atoms with Crippen LogP contribution in [0, 0.1) is 5.92 Å². The lowest BCUT2D eigenvalue weighted by atomic mass is 9.82. The number of aromatic nitrogens is 1. The van der Waals surface area contributed by atoms with Crippen LogP contribution < -0.4 is 0 Å². The zero-order valence-corrected chi connectivity index (χ0v) is 32.5. The maximum Gasteiger partial charge on any atom is 0.136 e. The summed E-state index contributed by atoms with van der Waals surface area (Å²) in [6.45, 7) is 7.08. The molecule has 0 radical (unpaired) electrons. The molecule has 0 amide bonds. The molecule has 1 unspecified atom stereocenters. The number of para-hydroxylation sites is 2. The van der Waals surface area contributed by atoms with E-state index in [0.717, 1.165) is 52.5 Å². The molecule has 3 heteroatoms. The number of aliphatic imine (C=N–C) groups is 1. The van der Waals surface area contributed by atoms with Crippen LogP contribution in [0.25, 0.3) is 71.7 Å². The first kappa shape index (κ1) is 32.8. The molecule has 3 nitrogen and oxygen atoms in total. The molecule has 57 heavy (non-hydrogen) atoms. The minimum Gasteiger partial charge on any atom is -0.456 e. The summed E-state index contributed by atoms with van der Waals surface area (Å²) in [5.74, 6) is 0.370. The minimum absolute atomic E-state index is 0.0711. The number of allylic oxidation sites excluding steroid dienone is 2. The molecule has 0 N–H and O–H groups in total. The van der Waals surface area contributed by atoms with Crippen LogP contribution in [0.5, 0.6) is 0 Å². The SMILES string of the molecule is CCC1=C(n2c3ccccc3c3cc4c(cc32)-c2ccccc2C4(C)C)C[C@H]2CC2(c2ccc(-c3ccccc3)cc2)N=C1c1ccc2c(c1)oc1ccccc12. The highest BCUT2D eigenvalue weighted by Crippen LogP contribution is 2.61. The van der Waals surface area contributed by atoms with Gasteiger partial charge < -0.3 is 8.98 Å². The van der Waals surface area contributed by atoms with Crippen molar-refractivity contribution < 1.29 is 4.42 Å². The molecular formula is C54H42N2O. The van der Waals surface area contributed by atoms with Crippen LogP contribution >= 0.6 is 0 Å². The molecule has 0 spiro atoms. The highest BCUT2D eigenvalue weighted by atomic mass is 16.3. The molecule has 1 aliphatic heterocycles. The zero-order valence-electron chi connectivity index (χ0n) is 32.5. The Kier molecular flexibility index (Phi) is 6.77. The average molecular weight is 735 g/mol. The van der Waals surface area contributed by atoms with E-state index in [4.69, 9.17) is 9.41 Å². The average Bonchev–Trinajstić information content (AvgIpc) is 3.61. The second kappa shape index (κ2) is 11.8. The Bertz CT molecular complexity index is 3190. The van der Waals surface area contributed by atoms with Gasteiger partial charge in [-0.3, -0.25) is 4.99 Å². The molecule has 274 valence electrons. The van der Waals surface area contributed by atoms with Gasteiger partial charge in [0.1, 0.15) is 11.2 Å². The van der Waals surface area contributed by atoms with Gasteiger partial charge in [0, 0.05) is 38.2 Å². The van der Waals surface area contributed by atoms with Gasteiger partial charge in [-0.25, -0.2) is 0 Å². The molecule has 2 aromatic heterocycles. The molecule has 0 saturated heterocycles. The second-order valence-electron chi connectivity index (χ2n) is 17.0. The Labute approximate surface area is 332 Å². The lowest BCUT2D eigenvalue weighted by Gasteiger charge is -2.22. The fourth-order valence-corrected chi connectivity index (χ4v) is 10.6. The normalized spacial score (nSPS) is 19.5. The van der Waals surface area contributed by atoms with Crippen molar-refractivity contribution in [1.29, 1.82) is 0 Å². The summed E-state index contributed by atoms with van der Waals surface area (Å²) in [4.78, 5) is 5.97. The first-order valence-corrected chi connectivity index (χ1v) is 20.5. The third kappa shape index (κ3) is 4.63. The van der Waals surface area contributed by atoms with Gasteiger partial charge in [0.15, 0.2) is 0 Å². The van der Waals surface area contributed by atoms with Crippen molar-refractivity contribution in [3.05, 3.63) is 186 Å². The molecular weight excluding hydrogens is 693 g/mol. The van der Waals surface area contributed by atoms with Crippen molar-refractivity contribution in [2.75, 3.05) is 0 Å². The van der Waals surface area contributed by atoms with E-state index < -0.39 is 0 Å². The van der Waals surface area contributed by atoms with Crippen molar-refractivity contribution in [2.24, 2.45) is 10.9 Å². The van der Waals surface area contributed by atoms with E-state index in [9.17, 15) is 0 Å². The standard InChI is InChI=1S/C54H42N2O/c1-4-38-48(56-47-20-12-9-17-40(47)44-30-46-43(31-49(44)56)39-16-8-11-19-45(39)53(46,2)3)29-37-32-54(37,36-25-22-34(23-26-36)33-14-6-5-7-15-33)55-52(38)35-24-27-42-41-18-10-13-21-50(41)57-51(42)28-35/h5-28,30-31,37H,4,29,32H2,1-3H3/t37-,54?/m0/s1. The summed E-state index contributed by atoms with van der Waals surface area (Å²) in [5.41, 5.74) is 18.1. The molecule has 3 heterocycles. The Hall–Kier alpha value is -6.45. The number of benzene rings is 7. The van der Waals surface area contributed by atoms with E-state index >= 15 is 0 Å². The molecule has 1 fully saturated rings. The van der Waals surface area contributed by atoms with Gasteiger partial charge in [0.2, 0.25) is 0 Å². The summed E-state index contributed by atoms with van der Waals surface area (Å²) in [7, 11) is 0. The Morgan fingerprint density at radius 2 is 1.30 bits per heavy atom. The molecule has 12 rings (SSSR count). The van der Waals surface area contributed by atoms with Crippen molar-refractivity contribution in [2.45, 2.75) is 51.0 Å². The van der Waals surface area contributed by atoms with Crippen molar-refractivity contribution >= 4 is 55.2 Å². The fraction of sp³-hybridized carbons (Fsp3) is 0.167. The van der Waals surface area contributed by atoms with E-state index in [1.54, 1.807) is 0 Å². The Balaban J connectivity index is 1.10. The Morgan fingerprint density at radius 1 is 0.596 bits per heavy atom. The van der Waals surface area contributed by atoms with Crippen LogP contribution in [0.1, 0.15) is 62.3 Å². The van der Waals surface area contributed by atoms with Crippen LogP contribution in [0.3, 0.4) is 0 Å². The Morgan fingerprint density at radius 3 is 2.14 bits per heavy atom. The van der Waals surface area contributed by atoms with Crippen LogP contribution in [0.4, 0.5) is 0 Å². The minimum atomic E-state index is -0.307. The van der Waals surface area contributed by atoms with Crippen molar-refractivity contribution in [1.82, 2.24) is 4.57 Å². The first-order chi connectivity index (χ1) is 27.9. The number of furan rings is 1. The van der Waals surface area contributed by atoms with Crippen molar-refractivity contribution in [3.63, 3.8) is 0 Å². The van der Waals surface area contributed by atoms with Crippen LogP contribution in [0.2, 0.25) is 0 Å². The molecule has 2 aliphatic carbocycles. The van der Waals surface area contributed by atoms with E-state index in [1.807, 2.05) is 6.07 Å². The maximum atomic E-state index is 6.51. The molecule has 9 aromatic rings. The van der Waals surface area contributed by atoms with Gasteiger partial charge in [-0.1, -0.05) is 142 Å². The van der Waals surface area contributed by atoms with Gasteiger partial charge in [0.25, 0.3) is 0 Å².